The molecule has 0 radical (unpaired) electrons. The number of thiol groups is 1. The molecule has 0 spiro atoms. The molecule has 1 aromatic rings. The highest BCUT2D eigenvalue weighted by molar-refractivity contribution is 8.15. The van der Waals surface area contributed by atoms with Crippen LogP contribution in [0.1, 0.15) is 26.5 Å². The Kier molecular flexibility index (Phi) is 2.52. The number of nitrogens with one attached hydrogen (secondary N) is 1. The molecule has 1 N–H and O–H groups in total. The summed E-state index contributed by atoms with van der Waals surface area (Å²) in [6.07, 6.45) is 6.44. The molecular formula is C9H18N2S. The summed E-state index contributed by atoms with van der Waals surface area (Å²) < 4.78 is 0. The van der Waals surface area contributed by atoms with E-state index in [1.165, 1.54) is 0 Å². The fourth-order valence-corrected chi connectivity index (χ4v) is 1.56. The standard InChI is InChI=1S/C9H18N2S/c1-9(2,3)7-6-10-8(11-7)12(4)5/h6,12H,1-5H3,(H,10,11). The Bertz CT molecular complexity index is 258. The van der Waals surface area contributed by atoms with Gasteiger partial charge in [-0.15, -0.1) is 0 Å². The van der Waals surface area contributed by atoms with Gasteiger partial charge in [0.15, 0.2) is 0 Å². The molecule has 0 aliphatic carbocycles. The lowest BCUT2D eigenvalue weighted by Crippen LogP contribution is -2.11. The van der Waals surface area contributed by atoms with Crippen LogP contribution >= 0.6 is 10.9 Å². The molecule has 0 unspecified atom stereocenters. The molecule has 0 aromatic carbocycles. The van der Waals surface area contributed by atoms with E-state index in [2.05, 4.69) is 43.3 Å². The molecule has 0 amide bonds. The fourth-order valence-electron chi connectivity index (χ4n) is 0.925. The highest BCUT2D eigenvalue weighted by Gasteiger charge is 2.17. The summed E-state index contributed by atoms with van der Waals surface area (Å²) in [6.45, 7) is 6.54. The molecule has 0 saturated carbocycles. The maximum atomic E-state index is 4.55. The van der Waals surface area contributed by atoms with Crippen molar-refractivity contribution in [1.29, 1.82) is 0 Å². The van der Waals surface area contributed by atoms with E-state index in [0.717, 1.165) is 10.9 Å². The first-order chi connectivity index (χ1) is 5.41. The van der Waals surface area contributed by atoms with Crippen LogP contribution in [0, 0.1) is 0 Å². The predicted molar refractivity (Wildman–Crippen MR) is 56.4 cm³/mol. The van der Waals surface area contributed by atoms with Crippen molar-refractivity contribution < 1.29 is 0 Å². The first-order valence-corrected chi connectivity index (χ1v) is 6.38. The minimum absolute atomic E-state index is 0.0886. The highest BCUT2D eigenvalue weighted by atomic mass is 32.2. The third-order valence-electron chi connectivity index (χ3n) is 1.76. The minimum atomic E-state index is -0.0886. The number of aromatic nitrogens is 2. The summed E-state index contributed by atoms with van der Waals surface area (Å²) in [7, 11) is -0.0886. The van der Waals surface area contributed by atoms with E-state index < -0.39 is 0 Å². The van der Waals surface area contributed by atoms with Crippen LogP contribution in [0.2, 0.25) is 0 Å². The molecule has 1 aromatic heterocycles. The third kappa shape index (κ3) is 2.03. The van der Waals surface area contributed by atoms with Gasteiger partial charge in [-0.1, -0.05) is 20.8 Å². The zero-order chi connectivity index (χ0) is 9.35. The molecule has 0 fully saturated rings. The van der Waals surface area contributed by atoms with E-state index in [1.807, 2.05) is 6.20 Å². The van der Waals surface area contributed by atoms with Crippen LogP contribution in [0.5, 0.6) is 0 Å². The van der Waals surface area contributed by atoms with Crippen LogP contribution in [0.25, 0.3) is 0 Å². The molecular weight excluding hydrogens is 168 g/mol. The number of H-pyrrole nitrogens is 1. The number of imidazole rings is 1. The molecule has 1 rings (SSSR count). The average Bonchev–Trinajstić information content (AvgIpc) is 2.30. The quantitative estimate of drug-likeness (QED) is 0.647. The van der Waals surface area contributed by atoms with E-state index in [9.17, 15) is 0 Å². The van der Waals surface area contributed by atoms with Crippen molar-refractivity contribution >= 4 is 10.9 Å². The number of nitrogens with zero attached hydrogens (tertiary/aromatic N) is 1. The van der Waals surface area contributed by atoms with Crippen LogP contribution in [0.4, 0.5) is 0 Å². The smallest absolute Gasteiger partial charge is 0.144 e. The Hall–Kier alpha value is -0.440. The van der Waals surface area contributed by atoms with Gasteiger partial charge >= 0.3 is 0 Å². The zero-order valence-corrected chi connectivity index (χ0v) is 9.37. The van der Waals surface area contributed by atoms with E-state index in [4.69, 9.17) is 0 Å². The van der Waals surface area contributed by atoms with Gasteiger partial charge in [-0.3, -0.25) is 0 Å². The van der Waals surface area contributed by atoms with Crippen molar-refractivity contribution in [2.24, 2.45) is 0 Å². The first kappa shape index (κ1) is 9.65. The topological polar surface area (TPSA) is 28.7 Å². The lowest BCUT2D eigenvalue weighted by atomic mass is 9.93. The fraction of sp³-hybridized carbons (Fsp3) is 0.667. The normalized spacial score (nSPS) is 13.2. The van der Waals surface area contributed by atoms with Crippen LogP contribution < -0.4 is 0 Å². The predicted octanol–water partition coefficient (Wildman–Crippen LogP) is 2.33. The van der Waals surface area contributed by atoms with Crippen molar-refractivity contribution in [3.05, 3.63) is 11.9 Å². The second kappa shape index (κ2) is 3.13. The molecule has 70 valence electrons. The second-order valence-corrected chi connectivity index (χ2v) is 6.47. The zero-order valence-electron chi connectivity index (χ0n) is 8.47. The molecule has 0 atom stereocenters. The van der Waals surface area contributed by atoms with Gasteiger partial charge in [-0.05, 0) is 12.5 Å². The molecule has 0 aliphatic rings. The second-order valence-electron chi connectivity index (χ2n) is 4.25. The van der Waals surface area contributed by atoms with Gasteiger partial charge < -0.3 is 4.98 Å². The van der Waals surface area contributed by atoms with Gasteiger partial charge in [0, 0.05) is 11.6 Å². The maximum Gasteiger partial charge on any atom is 0.144 e. The summed E-state index contributed by atoms with van der Waals surface area (Å²) in [4.78, 5) is 7.78. The lowest BCUT2D eigenvalue weighted by Gasteiger charge is -2.14. The van der Waals surface area contributed by atoms with Crippen LogP contribution in [-0.2, 0) is 5.41 Å². The molecule has 12 heavy (non-hydrogen) atoms. The monoisotopic (exact) mass is 186 g/mol. The van der Waals surface area contributed by atoms with Gasteiger partial charge in [-0.25, -0.2) is 15.9 Å². The van der Waals surface area contributed by atoms with Gasteiger partial charge in [0.2, 0.25) is 0 Å². The average molecular weight is 186 g/mol. The Labute approximate surface area is 77.1 Å². The van der Waals surface area contributed by atoms with Gasteiger partial charge in [-0.2, -0.15) is 0 Å². The Morgan fingerprint density at radius 1 is 1.33 bits per heavy atom. The van der Waals surface area contributed by atoms with Crippen molar-refractivity contribution in [1.82, 2.24) is 9.97 Å². The van der Waals surface area contributed by atoms with E-state index in [-0.39, 0.29) is 16.3 Å². The van der Waals surface area contributed by atoms with Crippen LogP contribution in [0.3, 0.4) is 0 Å². The van der Waals surface area contributed by atoms with Crippen molar-refractivity contribution in [2.75, 3.05) is 12.5 Å². The lowest BCUT2D eigenvalue weighted by molar-refractivity contribution is 0.569. The molecule has 2 nitrogen and oxygen atoms in total. The minimum Gasteiger partial charge on any atom is -0.341 e. The summed E-state index contributed by atoms with van der Waals surface area (Å²) in [5, 5.41) is 1.15. The van der Waals surface area contributed by atoms with Crippen molar-refractivity contribution in [3.63, 3.8) is 0 Å². The summed E-state index contributed by atoms with van der Waals surface area (Å²) >= 11 is 0. The third-order valence-corrected chi connectivity index (χ3v) is 2.83. The number of hydrogen-bond donors (Lipinski definition) is 2. The van der Waals surface area contributed by atoms with E-state index >= 15 is 0 Å². The molecule has 0 bridgehead atoms. The largest absolute Gasteiger partial charge is 0.341 e. The summed E-state index contributed by atoms with van der Waals surface area (Å²) in [5.74, 6) is 0. The number of hydrogen-bond acceptors (Lipinski definition) is 1. The van der Waals surface area contributed by atoms with Crippen molar-refractivity contribution in [2.45, 2.75) is 31.3 Å². The van der Waals surface area contributed by atoms with Crippen molar-refractivity contribution in [3.8, 4) is 0 Å². The Balaban J connectivity index is 2.92. The summed E-state index contributed by atoms with van der Waals surface area (Å²) in [6, 6.07) is 0. The Morgan fingerprint density at radius 2 is 1.92 bits per heavy atom. The van der Waals surface area contributed by atoms with Crippen LogP contribution in [-0.4, -0.2) is 22.5 Å². The maximum absolute atomic E-state index is 4.55. The number of aromatic amines is 1. The molecule has 0 aliphatic heterocycles. The van der Waals surface area contributed by atoms with Gasteiger partial charge in [0.05, 0.1) is 5.69 Å². The molecule has 0 saturated heterocycles. The van der Waals surface area contributed by atoms with E-state index in [1.54, 1.807) is 0 Å². The Morgan fingerprint density at radius 3 is 2.17 bits per heavy atom. The van der Waals surface area contributed by atoms with Gasteiger partial charge in [0.25, 0.3) is 0 Å². The molecule has 3 heteroatoms. The molecule has 1 heterocycles. The van der Waals surface area contributed by atoms with Gasteiger partial charge in [0.1, 0.15) is 5.16 Å². The highest BCUT2D eigenvalue weighted by Crippen LogP contribution is 2.28. The first-order valence-electron chi connectivity index (χ1n) is 4.14. The van der Waals surface area contributed by atoms with E-state index in [0.29, 0.717) is 0 Å². The van der Waals surface area contributed by atoms with Crippen LogP contribution in [0.15, 0.2) is 11.4 Å². The summed E-state index contributed by atoms with van der Waals surface area (Å²) in [5.41, 5.74) is 1.33. The SMILES string of the molecule is C[SH](C)c1nc(C(C)(C)C)c[nH]1. The number of rotatable bonds is 1.